The number of rotatable bonds is 6. The first-order chi connectivity index (χ1) is 5.98. The Morgan fingerprint density at radius 3 is 2.77 bits per heavy atom. The molecule has 1 unspecified atom stereocenters. The van der Waals surface area contributed by atoms with E-state index >= 15 is 0 Å². The number of nitrogens with one attached hydrogen (secondary N) is 1. The summed E-state index contributed by atoms with van der Waals surface area (Å²) in [4.78, 5) is 2.42. The molecule has 0 fully saturated rings. The second-order valence-electron chi connectivity index (χ2n) is 2.47. The molecular weight excluding hydrogens is 196 g/mol. The molecule has 0 heterocycles. The van der Waals surface area contributed by atoms with Gasteiger partial charge in [0.05, 0.1) is 11.9 Å². The van der Waals surface area contributed by atoms with Crippen LogP contribution in [0.4, 0.5) is 0 Å². The highest BCUT2D eigenvalue weighted by Crippen LogP contribution is 1.86. The number of sulfonamides is 1. The summed E-state index contributed by atoms with van der Waals surface area (Å²) in [5.74, 6) is -0.260. The predicted molar refractivity (Wildman–Crippen MR) is 47.5 cm³/mol. The molecule has 0 aromatic carbocycles. The average Bonchev–Trinajstić information content (AvgIpc) is 2.02. The fraction of sp³-hybridized carbons (Fsp3) is 1.00. The third-order valence-electron chi connectivity index (χ3n) is 1.12. The van der Waals surface area contributed by atoms with Gasteiger partial charge in [-0.25, -0.2) is 13.1 Å². The minimum Gasteiger partial charge on any atom is -0.392 e. The molecule has 76 valence electrons. The van der Waals surface area contributed by atoms with Crippen LogP contribution in [-0.4, -0.2) is 38.5 Å². The van der Waals surface area contributed by atoms with Gasteiger partial charge in [-0.05, 0) is 12.5 Å². The van der Waals surface area contributed by atoms with Crippen molar-refractivity contribution in [2.75, 3.05) is 18.8 Å². The molecule has 0 aromatic rings. The van der Waals surface area contributed by atoms with Gasteiger partial charge in [-0.3, -0.25) is 0 Å². The number of hydrogen-bond acceptors (Lipinski definition) is 4. The Balaban J connectivity index is 3.87. The molecule has 0 spiro atoms. The molecule has 0 aliphatic carbocycles. The van der Waals surface area contributed by atoms with Gasteiger partial charge in [-0.1, -0.05) is 5.11 Å². The highest BCUT2D eigenvalue weighted by Gasteiger charge is 2.09. The molecule has 0 radical (unpaired) electrons. The van der Waals surface area contributed by atoms with Gasteiger partial charge in [0.25, 0.3) is 0 Å². The molecule has 0 bridgehead atoms. The van der Waals surface area contributed by atoms with Gasteiger partial charge < -0.3 is 5.11 Å². The Morgan fingerprint density at radius 2 is 2.31 bits per heavy atom. The first kappa shape index (κ1) is 12.2. The van der Waals surface area contributed by atoms with Gasteiger partial charge >= 0.3 is 0 Å². The van der Waals surface area contributed by atoms with Gasteiger partial charge in [-0.15, -0.1) is 0 Å². The topological polar surface area (TPSA) is 115 Å². The van der Waals surface area contributed by atoms with Crippen LogP contribution in [0.5, 0.6) is 0 Å². The van der Waals surface area contributed by atoms with E-state index < -0.39 is 16.1 Å². The smallest absolute Gasteiger partial charge is 0.211 e. The maximum absolute atomic E-state index is 11.0. The largest absolute Gasteiger partial charge is 0.392 e. The summed E-state index contributed by atoms with van der Waals surface area (Å²) in [5, 5.41) is 11.9. The average molecular weight is 208 g/mol. The second kappa shape index (κ2) is 5.76. The molecule has 0 rings (SSSR count). The van der Waals surface area contributed by atoms with Crippen LogP contribution in [0.15, 0.2) is 5.11 Å². The Bertz CT molecular complexity index is 280. The summed E-state index contributed by atoms with van der Waals surface area (Å²) in [6.07, 6.45) is -0.728. The van der Waals surface area contributed by atoms with Crippen LogP contribution in [0.1, 0.15) is 6.92 Å². The molecule has 0 aliphatic rings. The zero-order valence-corrected chi connectivity index (χ0v) is 8.03. The van der Waals surface area contributed by atoms with Crippen molar-refractivity contribution >= 4 is 10.0 Å². The maximum atomic E-state index is 11.0. The van der Waals surface area contributed by atoms with Crippen LogP contribution >= 0.6 is 0 Å². The van der Waals surface area contributed by atoms with Crippen molar-refractivity contribution in [2.24, 2.45) is 5.11 Å². The summed E-state index contributed by atoms with van der Waals surface area (Å²) in [6.45, 7) is 1.33. The van der Waals surface area contributed by atoms with E-state index in [2.05, 4.69) is 14.7 Å². The SMILES string of the molecule is CC(O)CNS(=O)(=O)CCN=[N+]=[N-]. The number of azide groups is 1. The van der Waals surface area contributed by atoms with E-state index in [0.717, 1.165) is 0 Å². The van der Waals surface area contributed by atoms with Crippen LogP contribution in [0.2, 0.25) is 0 Å². The van der Waals surface area contributed by atoms with Gasteiger partial charge in [0, 0.05) is 18.0 Å². The third-order valence-corrected chi connectivity index (χ3v) is 2.45. The van der Waals surface area contributed by atoms with Crippen molar-refractivity contribution in [3.05, 3.63) is 10.4 Å². The van der Waals surface area contributed by atoms with Gasteiger partial charge in [-0.2, -0.15) is 0 Å². The van der Waals surface area contributed by atoms with Crippen molar-refractivity contribution in [3.63, 3.8) is 0 Å². The fourth-order valence-electron chi connectivity index (χ4n) is 0.525. The van der Waals surface area contributed by atoms with E-state index in [1.807, 2.05) is 0 Å². The van der Waals surface area contributed by atoms with E-state index in [0.29, 0.717) is 0 Å². The zero-order chi connectivity index (χ0) is 10.3. The number of aliphatic hydroxyl groups excluding tert-OH is 1. The fourth-order valence-corrected chi connectivity index (χ4v) is 1.49. The van der Waals surface area contributed by atoms with Gasteiger partial charge in [0.1, 0.15) is 0 Å². The van der Waals surface area contributed by atoms with Crippen molar-refractivity contribution in [1.82, 2.24) is 4.72 Å². The van der Waals surface area contributed by atoms with E-state index in [-0.39, 0.29) is 18.8 Å². The molecule has 1 atom stereocenters. The van der Waals surface area contributed by atoms with Gasteiger partial charge in [0.15, 0.2) is 0 Å². The normalized spacial score (nSPS) is 13.4. The molecule has 0 amide bonds. The van der Waals surface area contributed by atoms with Crippen LogP contribution in [-0.2, 0) is 10.0 Å². The molecule has 2 N–H and O–H groups in total. The summed E-state index contributed by atoms with van der Waals surface area (Å²) in [7, 11) is -3.42. The van der Waals surface area contributed by atoms with Crippen molar-refractivity contribution in [1.29, 1.82) is 0 Å². The molecule has 8 heteroatoms. The quantitative estimate of drug-likeness (QED) is 0.351. The molecular formula is C5H12N4O3S. The van der Waals surface area contributed by atoms with E-state index in [1.54, 1.807) is 0 Å². The summed E-state index contributed by atoms with van der Waals surface area (Å²) < 4.78 is 24.2. The van der Waals surface area contributed by atoms with Crippen LogP contribution < -0.4 is 4.72 Å². The van der Waals surface area contributed by atoms with Gasteiger partial charge in [0.2, 0.25) is 10.0 Å². The Morgan fingerprint density at radius 1 is 1.69 bits per heavy atom. The lowest BCUT2D eigenvalue weighted by Gasteiger charge is -2.06. The number of aliphatic hydroxyl groups is 1. The van der Waals surface area contributed by atoms with Crippen LogP contribution in [0.3, 0.4) is 0 Å². The molecule has 0 aliphatic heterocycles. The minimum atomic E-state index is -3.42. The summed E-state index contributed by atoms with van der Waals surface area (Å²) in [6, 6.07) is 0. The predicted octanol–water partition coefficient (Wildman–Crippen LogP) is -0.403. The molecule has 7 nitrogen and oxygen atoms in total. The molecule has 0 saturated heterocycles. The van der Waals surface area contributed by atoms with Crippen molar-refractivity contribution < 1.29 is 13.5 Å². The van der Waals surface area contributed by atoms with Crippen molar-refractivity contribution in [2.45, 2.75) is 13.0 Å². The lowest BCUT2D eigenvalue weighted by Crippen LogP contribution is -2.33. The van der Waals surface area contributed by atoms with Crippen LogP contribution in [0.25, 0.3) is 10.4 Å². The van der Waals surface area contributed by atoms with E-state index in [1.165, 1.54) is 6.92 Å². The third kappa shape index (κ3) is 7.54. The molecule has 0 saturated carbocycles. The Hall–Kier alpha value is -0.820. The maximum Gasteiger partial charge on any atom is 0.211 e. The highest BCUT2D eigenvalue weighted by molar-refractivity contribution is 7.89. The second-order valence-corrected chi connectivity index (χ2v) is 4.40. The number of nitrogens with zero attached hydrogens (tertiary/aromatic N) is 3. The standard InChI is InChI=1S/C5H12N4O3S/c1-5(10)4-8-13(11,12)3-2-7-9-6/h5,8,10H,2-4H2,1H3. The van der Waals surface area contributed by atoms with Crippen LogP contribution in [0, 0.1) is 0 Å². The number of hydrogen-bond donors (Lipinski definition) is 2. The summed E-state index contributed by atoms with van der Waals surface area (Å²) >= 11 is 0. The molecule has 13 heavy (non-hydrogen) atoms. The Kier molecular flexibility index (Phi) is 5.40. The molecule has 0 aromatic heterocycles. The lowest BCUT2D eigenvalue weighted by atomic mass is 10.4. The minimum absolute atomic E-state index is 0.0292. The van der Waals surface area contributed by atoms with Crippen molar-refractivity contribution in [3.8, 4) is 0 Å². The highest BCUT2D eigenvalue weighted by atomic mass is 32.2. The lowest BCUT2D eigenvalue weighted by molar-refractivity contribution is 0.198. The first-order valence-electron chi connectivity index (χ1n) is 3.64. The van der Waals surface area contributed by atoms with E-state index in [9.17, 15) is 8.42 Å². The monoisotopic (exact) mass is 208 g/mol. The first-order valence-corrected chi connectivity index (χ1v) is 5.29. The van der Waals surface area contributed by atoms with E-state index in [4.69, 9.17) is 10.6 Å². The summed E-state index contributed by atoms with van der Waals surface area (Å²) in [5.41, 5.74) is 7.88. The zero-order valence-electron chi connectivity index (χ0n) is 7.21. The Labute approximate surface area is 76.4 Å².